The predicted molar refractivity (Wildman–Crippen MR) is 313 cm³/mol. The fraction of sp³-hybridized carbons (Fsp3) is 0.262. The average molecular weight is 1070 g/mol. The summed E-state index contributed by atoms with van der Waals surface area (Å²) in [6, 6.07) is 29.1. The summed E-state index contributed by atoms with van der Waals surface area (Å²) in [5.41, 5.74) is 16.8. The number of hydrogen-bond acceptors (Lipinski definition) is 6. The predicted octanol–water partition coefficient (Wildman–Crippen LogP) is 12.0. The maximum absolute atomic E-state index is 11.8. The van der Waals surface area contributed by atoms with Crippen LogP contribution in [0.5, 0.6) is 17.2 Å². The van der Waals surface area contributed by atoms with Crippen LogP contribution in [0.1, 0.15) is 103 Å². The second-order valence-electron chi connectivity index (χ2n) is 23.6. The highest BCUT2D eigenvalue weighted by atomic mass is 16.3. The summed E-state index contributed by atoms with van der Waals surface area (Å²) in [4.78, 5) is 40.6. The molecule has 0 aliphatic heterocycles. The molecule has 18 nitrogen and oxygen atoms in total. The van der Waals surface area contributed by atoms with Crippen molar-refractivity contribution in [2.24, 2.45) is 0 Å². The Morgan fingerprint density at radius 1 is 0.468 bits per heavy atom. The molecule has 12 aromatic rings. The maximum atomic E-state index is 11.8. The van der Waals surface area contributed by atoms with Gasteiger partial charge in [-0.15, -0.1) is 42.2 Å². The molecule has 0 spiro atoms. The van der Waals surface area contributed by atoms with Gasteiger partial charge in [0.2, 0.25) is 11.8 Å². The van der Waals surface area contributed by atoms with Crippen molar-refractivity contribution in [2.45, 2.75) is 106 Å². The number of anilines is 3. The molecule has 0 fully saturated rings. The molecule has 0 bridgehead atoms. The van der Waals surface area contributed by atoms with Gasteiger partial charge in [0.05, 0.1) is 0 Å². The van der Waals surface area contributed by atoms with Gasteiger partial charge in [0.15, 0.2) is 0 Å². The summed E-state index contributed by atoms with van der Waals surface area (Å²) in [7, 11) is 0. The first-order chi connectivity index (χ1) is 37.0. The Kier molecular flexibility index (Phi) is 12.3. The van der Waals surface area contributed by atoms with E-state index in [-0.39, 0.29) is 39.7 Å². The third kappa shape index (κ3) is 9.21. The van der Waals surface area contributed by atoms with Crippen LogP contribution in [-0.2, 0) is 30.6 Å². The van der Waals surface area contributed by atoms with Gasteiger partial charge in [0.25, 0.3) is 5.91 Å². The summed E-state index contributed by atoms with van der Waals surface area (Å²) in [5, 5.41) is 40.6. The first-order valence-corrected chi connectivity index (χ1v) is 26.0. The Labute approximate surface area is 456 Å². The highest BCUT2D eigenvalue weighted by molar-refractivity contribution is 6.04. The van der Waals surface area contributed by atoms with Gasteiger partial charge >= 0.3 is 0 Å². The molecular weight excluding hydrogens is 997 g/mol. The number of benzene rings is 6. The summed E-state index contributed by atoms with van der Waals surface area (Å²) in [5.74, 6) is 0.161. The molecule has 0 atom stereocenters. The second-order valence-corrected chi connectivity index (χ2v) is 23.6. The lowest BCUT2D eigenvalue weighted by atomic mass is 9.80. The molecule has 6 heterocycles. The number of carbonyl (C=O) groups excluding carboxylic acids is 3. The molecule has 18 heteroatoms. The van der Waals surface area contributed by atoms with Gasteiger partial charge in [-0.2, -0.15) is 0 Å². The zero-order valence-electron chi connectivity index (χ0n) is 47.0. The first kappa shape index (κ1) is 53.0. The van der Waals surface area contributed by atoms with E-state index >= 15 is 0 Å². The van der Waals surface area contributed by atoms with Crippen molar-refractivity contribution in [1.82, 2.24) is 42.2 Å². The van der Waals surface area contributed by atoms with Crippen LogP contribution in [0, 0.1) is 20.8 Å². The Morgan fingerprint density at radius 3 is 1.25 bits per heavy atom. The van der Waals surface area contributed by atoms with Crippen LogP contribution in [-0.4, -0.2) is 75.2 Å². The molecule has 6 aromatic carbocycles. The van der Waals surface area contributed by atoms with Crippen molar-refractivity contribution in [3.05, 3.63) is 162 Å². The summed E-state index contributed by atoms with van der Waals surface area (Å²) >= 11 is 0. The molecule has 0 radical (unpaired) electrons. The number of nitrogens with zero attached hydrogens (tertiary/aromatic N) is 9. The van der Waals surface area contributed by atoms with Crippen LogP contribution >= 0.6 is 0 Å². The summed E-state index contributed by atoms with van der Waals surface area (Å²) in [6.07, 6.45) is 2.49. The number of phenols is 3. The smallest absolute Gasteiger partial charge is 0.250 e. The monoisotopic (exact) mass is 1060 g/mol. The molecule has 0 aliphatic carbocycles. The highest BCUT2D eigenvalue weighted by Crippen LogP contribution is 2.43. The first-order valence-electron chi connectivity index (χ1n) is 26.0. The number of phenolic OH excluding ortho intramolecular Hbond substituents is 3. The molecule has 0 unspecified atom stereocenters. The lowest BCUT2D eigenvalue weighted by molar-refractivity contribution is -0.113. The normalized spacial score (nSPS) is 12.3. The van der Waals surface area contributed by atoms with E-state index in [9.17, 15) is 29.7 Å². The van der Waals surface area contributed by atoms with Crippen molar-refractivity contribution in [3.8, 4) is 34.3 Å². The van der Waals surface area contributed by atoms with Gasteiger partial charge < -0.3 is 31.3 Å². The minimum atomic E-state index is -0.242. The molecule has 0 aliphatic rings. The number of aryl methyl sites for hydroxylation is 3. The number of amides is 3. The molecule has 6 N–H and O–H groups in total. The van der Waals surface area contributed by atoms with Crippen LogP contribution in [0.25, 0.3) is 50.2 Å². The van der Waals surface area contributed by atoms with Crippen LogP contribution in [0.3, 0.4) is 0 Å². The van der Waals surface area contributed by atoms with E-state index in [0.717, 1.165) is 83.7 Å². The van der Waals surface area contributed by atoms with Gasteiger partial charge in [0, 0.05) is 33.8 Å². The molecular formula is C61H68N12O6. The van der Waals surface area contributed by atoms with Gasteiger partial charge in [-0.05, 0) is 157 Å². The molecule has 79 heavy (non-hydrogen) atoms. The van der Waals surface area contributed by atoms with Gasteiger partial charge in [-0.25, -0.2) is 0 Å². The van der Waals surface area contributed by atoms with Crippen molar-refractivity contribution in [1.29, 1.82) is 0 Å². The molecule has 0 saturated carbocycles. The minimum Gasteiger partial charge on any atom is -0.506 e. The Balaban J connectivity index is 0.000000134. The average Bonchev–Trinajstić information content (AvgIpc) is 4.23. The van der Waals surface area contributed by atoms with Crippen LogP contribution in [0.2, 0.25) is 0 Å². The van der Waals surface area contributed by atoms with E-state index in [0.29, 0.717) is 28.4 Å². The van der Waals surface area contributed by atoms with E-state index in [1.165, 1.54) is 17.7 Å². The molecule has 12 rings (SSSR count). The molecule has 408 valence electrons. The van der Waals surface area contributed by atoms with Crippen molar-refractivity contribution >= 4 is 67.9 Å². The number of carbonyl (C=O) groups is 3. The Morgan fingerprint density at radius 2 is 0.848 bits per heavy atom. The summed E-state index contributed by atoms with van der Waals surface area (Å²) < 4.78 is 11.8. The zero-order chi connectivity index (χ0) is 57.3. The fourth-order valence-electron chi connectivity index (χ4n) is 9.71. The van der Waals surface area contributed by atoms with Crippen LogP contribution < -0.4 is 16.0 Å². The highest BCUT2D eigenvalue weighted by Gasteiger charge is 2.33. The Bertz CT molecular complexity index is 4380. The van der Waals surface area contributed by atoms with E-state index in [1.807, 2.05) is 136 Å². The lowest BCUT2D eigenvalue weighted by Gasteiger charge is -2.26. The van der Waals surface area contributed by atoms with Crippen LogP contribution in [0.15, 0.2) is 128 Å². The minimum absolute atomic E-state index is 0.0445. The third-order valence-corrected chi connectivity index (χ3v) is 14.3. The van der Waals surface area contributed by atoms with E-state index in [4.69, 9.17) is 0 Å². The van der Waals surface area contributed by atoms with Gasteiger partial charge in [-0.1, -0.05) is 94.2 Å². The maximum Gasteiger partial charge on any atom is 0.250 e. The summed E-state index contributed by atoms with van der Waals surface area (Å²) in [6.45, 7) is 37.4. The molecule has 6 aromatic heterocycles. The Hall–Kier alpha value is -9.45. The zero-order valence-corrected chi connectivity index (χ0v) is 47.0. The van der Waals surface area contributed by atoms with Gasteiger partial charge in [-0.3, -0.25) is 14.4 Å². The van der Waals surface area contributed by atoms with Crippen molar-refractivity contribution < 1.29 is 29.7 Å². The SMILES string of the molecule is C=C(C)C(=O)Nc1ccc2c(c1)n1n(-c3cc(C)cc(C(C)(C)C)c3O)n21.C=CC(=O)Nc1ccc2c(c1)n1n(-c3cc(C(C)(C)C)cc(C(C)(C)C)c3O)n21.C=CC(=O)Nc1ccc2c(c1)n1n(-c3cc(C)c(C)cc3O)n21. The molecule has 3 amide bonds. The quantitative estimate of drug-likeness (QED) is 0.0780. The van der Waals surface area contributed by atoms with E-state index in [2.05, 4.69) is 110 Å². The number of nitrogens with one attached hydrogen (secondary N) is 3. The van der Waals surface area contributed by atoms with E-state index in [1.54, 1.807) is 13.0 Å². The largest absolute Gasteiger partial charge is 0.506 e. The second kappa shape index (κ2) is 18.4. The molecule has 0 saturated heterocycles. The third-order valence-electron chi connectivity index (χ3n) is 14.3. The lowest BCUT2D eigenvalue weighted by Crippen LogP contribution is -2.17. The van der Waals surface area contributed by atoms with E-state index < -0.39 is 0 Å². The number of fused-ring (bicyclic) bond motifs is 12. The van der Waals surface area contributed by atoms with Gasteiger partial charge in [0.1, 0.15) is 67.4 Å². The van der Waals surface area contributed by atoms with Crippen molar-refractivity contribution in [3.63, 3.8) is 0 Å². The van der Waals surface area contributed by atoms with Crippen LogP contribution in [0.4, 0.5) is 17.1 Å². The topological polar surface area (TPSA) is 189 Å². The fourth-order valence-corrected chi connectivity index (χ4v) is 9.71. The number of aromatic hydroxyl groups is 3. The standard InChI is InChI=1S/C23H28N4O2.C21H24N4O2.C17H16N4O2/c1-8-20(28)24-15-9-10-17-18(13-15)26-25(17)27(26)19-12-14(22(2,3)4)11-16(21(19)29)23(5,6)7;1-12(2)20(27)22-14-7-8-16-17(11-14)24-23(16)25(24)18-10-13(3)9-15(19(18)26)21(4,5)6;1-4-17(23)18-12-5-6-13-14(9-12)20-19(13)21(20)15-7-10(2)11(3)8-16(15)22/h8-13,29H,1H2,2-7H3,(H,24,28);7-11,26H,1H2,2-6H3,(H,22,27);4-9,22H,1H2,2-3H3,(H,18,23). The number of aromatic nitrogens is 9. The van der Waals surface area contributed by atoms with Crippen molar-refractivity contribution in [2.75, 3.05) is 16.0 Å². The number of hydrogen-bond donors (Lipinski definition) is 6. The number of rotatable bonds is 9.